The van der Waals surface area contributed by atoms with Gasteiger partial charge in [0.05, 0.1) is 19.1 Å². The number of hydrogen-bond donors (Lipinski definition) is 1. The second-order valence-electron chi connectivity index (χ2n) is 12.0. The Kier molecular flexibility index (Phi) is 5.34. The van der Waals surface area contributed by atoms with Crippen LogP contribution in [0.2, 0.25) is 0 Å². The zero-order valence-electron chi connectivity index (χ0n) is 20.8. The highest BCUT2D eigenvalue weighted by Gasteiger charge is 2.82. The molecule has 5 rings (SSSR count). The summed E-state index contributed by atoms with van der Waals surface area (Å²) in [5.74, 6) is 1.11. The third kappa shape index (κ3) is 3.19. The molecule has 6 nitrogen and oxygen atoms in total. The van der Waals surface area contributed by atoms with Gasteiger partial charge in [-0.2, -0.15) is 0 Å². The fraction of sp³-hybridized carbons (Fsp3) is 0.852. The number of epoxide rings is 1. The van der Waals surface area contributed by atoms with E-state index in [1.165, 1.54) is 12.5 Å². The predicted molar refractivity (Wildman–Crippen MR) is 122 cm³/mol. The number of carbonyl (C=O) groups is 2. The Bertz CT molecular complexity index is 878. The molecule has 3 saturated carbocycles. The number of ether oxygens (including phenoxy) is 3. The third-order valence-corrected chi connectivity index (χ3v) is 10.4. The van der Waals surface area contributed by atoms with Crippen LogP contribution in [-0.2, 0) is 23.8 Å². The molecule has 4 aliphatic carbocycles. The van der Waals surface area contributed by atoms with E-state index >= 15 is 0 Å². The van der Waals surface area contributed by atoms with Crippen molar-refractivity contribution >= 4 is 11.9 Å². The SMILES string of the molecule is CCOC(=O)C[C@](C)(O)[C@@]12O[C@@H]1C[C@H]1[C@@H]3CC=C4C[C@@H](OC(C)=O)CC[C@]4(C)[C@H]3CC[C@@]12C. The second kappa shape index (κ2) is 7.55. The van der Waals surface area contributed by atoms with Gasteiger partial charge in [0.25, 0.3) is 0 Å². The largest absolute Gasteiger partial charge is 0.466 e. The molecule has 0 aromatic carbocycles. The first-order valence-electron chi connectivity index (χ1n) is 12.9. The Hall–Kier alpha value is -1.40. The minimum Gasteiger partial charge on any atom is -0.466 e. The molecule has 0 aromatic heterocycles. The van der Waals surface area contributed by atoms with E-state index in [2.05, 4.69) is 19.9 Å². The van der Waals surface area contributed by atoms with E-state index in [9.17, 15) is 14.7 Å². The molecule has 0 unspecified atom stereocenters. The van der Waals surface area contributed by atoms with Crippen molar-refractivity contribution < 1.29 is 28.9 Å². The van der Waals surface area contributed by atoms with Crippen molar-refractivity contribution in [1.82, 2.24) is 0 Å². The minimum absolute atomic E-state index is 0.0148. The smallest absolute Gasteiger partial charge is 0.308 e. The first-order valence-corrected chi connectivity index (χ1v) is 12.9. The van der Waals surface area contributed by atoms with Gasteiger partial charge in [-0.3, -0.25) is 9.59 Å². The first kappa shape index (κ1) is 23.3. The lowest BCUT2D eigenvalue weighted by Gasteiger charge is -2.59. The summed E-state index contributed by atoms with van der Waals surface area (Å²) in [5.41, 5.74) is -0.392. The summed E-state index contributed by atoms with van der Waals surface area (Å²) in [6.45, 7) is 10.1. The molecule has 1 N–H and O–H groups in total. The first-order chi connectivity index (χ1) is 15.5. The average molecular weight is 461 g/mol. The highest BCUT2D eigenvalue weighted by molar-refractivity contribution is 5.71. The number of aliphatic hydroxyl groups is 1. The van der Waals surface area contributed by atoms with Gasteiger partial charge in [-0.05, 0) is 75.5 Å². The number of carbonyl (C=O) groups excluding carboxylic acids is 2. The van der Waals surface area contributed by atoms with Gasteiger partial charge >= 0.3 is 11.9 Å². The number of allylic oxidation sites excluding steroid dienone is 1. The lowest BCUT2D eigenvalue weighted by molar-refractivity contribution is -0.165. The van der Waals surface area contributed by atoms with Gasteiger partial charge in [0.2, 0.25) is 0 Å². The van der Waals surface area contributed by atoms with E-state index in [-0.39, 0.29) is 41.4 Å². The van der Waals surface area contributed by atoms with Gasteiger partial charge in [-0.15, -0.1) is 0 Å². The van der Waals surface area contributed by atoms with Gasteiger partial charge in [-0.25, -0.2) is 0 Å². The minimum atomic E-state index is -1.23. The van der Waals surface area contributed by atoms with E-state index in [0.717, 1.165) is 44.9 Å². The Morgan fingerprint density at radius 3 is 2.70 bits per heavy atom. The van der Waals surface area contributed by atoms with Crippen molar-refractivity contribution in [2.24, 2.45) is 28.6 Å². The molecule has 0 aromatic rings. The summed E-state index contributed by atoms with van der Waals surface area (Å²) >= 11 is 0. The van der Waals surface area contributed by atoms with E-state index in [1.807, 2.05) is 0 Å². The summed E-state index contributed by atoms with van der Waals surface area (Å²) in [6.07, 6.45) is 9.44. The predicted octanol–water partition coefficient (Wildman–Crippen LogP) is 4.33. The molecule has 6 heteroatoms. The van der Waals surface area contributed by atoms with Gasteiger partial charge in [0.1, 0.15) is 17.3 Å². The van der Waals surface area contributed by atoms with Crippen LogP contribution in [-0.4, -0.2) is 47.1 Å². The summed E-state index contributed by atoms with van der Waals surface area (Å²) in [7, 11) is 0. The van der Waals surface area contributed by atoms with Crippen molar-refractivity contribution in [2.75, 3.05) is 6.61 Å². The Morgan fingerprint density at radius 1 is 1.24 bits per heavy atom. The molecule has 33 heavy (non-hydrogen) atoms. The fourth-order valence-corrected chi connectivity index (χ4v) is 9.03. The molecule has 0 spiro atoms. The maximum Gasteiger partial charge on any atom is 0.308 e. The zero-order valence-corrected chi connectivity index (χ0v) is 20.8. The van der Waals surface area contributed by atoms with Crippen LogP contribution in [0.4, 0.5) is 0 Å². The lowest BCUT2D eigenvalue weighted by Crippen LogP contribution is -2.59. The van der Waals surface area contributed by atoms with Crippen LogP contribution < -0.4 is 0 Å². The molecule has 1 saturated heterocycles. The maximum atomic E-state index is 12.3. The molecule has 5 aliphatic rings. The van der Waals surface area contributed by atoms with Gasteiger partial charge in [-0.1, -0.05) is 25.5 Å². The van der Waals surface area contributed by atoms with E-state index in [1.54, 1.807) is 13.8 Å². The fourth-order valence-electron chi connectivity index (χ4n) is 9.03. The monoisotopic (exact) mass is 460 g/mol. The number of rotatable bonds is 5. The normalized spacial score (nSPS) is 47.1. The van der Waals surface area contributed by atoms with Crippen LogP contribution >= 0.6 is 0 Å². The Morgan fingerprint density at radius 2 is 2.00 bits per heavy atom. The van der Waals surface area contributed by atoms with Gasteiger partial charge in [0.15, 0.2) is 0 Å². The Balaban J connectivity index is 1.39. The number of fused-ring (bicyclic) bond motifs is 7. The topological polar surface area (TPSA) is 85.4 Å². The summed E-state index contributed by atoms with van der Waals surface area (Å²) in [6, 6.07) is 0. The molecule has 184 valence electrons. The van der Waals surface area contributed by atoms with Gasteiger partial charge in [0, 0.05) is 18.8 Å². The molecular weight excluding hydrogens is 420 g/mol. The highest BCUT2D eigenvalue weighted by atomic mass is 16.6. The number of esters is 2. The summed E-state index contributed by atoms with van der Waals surface area (Å²) in [5, 5.41) is 11.6. The van der Waals surface area contributed by atoms with Crippen LogP contribution in [0, 0.1) is 28.6 Å². The van der Waals surface area contributed by atoms with Crippen LogP contribution in [0.5, 0.6) is 0 Å². The van der Waals surface area contributed by atoms with Gasteiger partial charge < -0.3 is 19.3 Å². The van der Waals surface area contributed by atoms with Crippen molar-refractivity contribution in [3.63, 3.8) is 0 Å². The van der Waals surface area contributed by atoms with Crippen LogP contribution in [0.15, 0.2) is 11.6 Å². The van der Waals surface area contributed by atoms with E-state index in [4.69, 9.17) is 14.2 Å². The lowest BCUT2D eigenvalue weighted by atomic mass is 9.46. The quantitative estimate of drug-likeness (QED) is 0.373. The second-order valence-corrected chi connectivity index (χ2v) is 12.0. The molecule has 0 bridgehead atoms. The highest BCUT2D eigenvalue weighted by Crippen LogP contribution is 2.75. The van der Waals surface area contributed by atoms with Crippen molar-refractivity contribution in [3.8, 4) is 0 Å². The van der Waals surface area contributed by atoms with Crippen molar-refractivity contribution in [3.05, 3.63) is 11.6 Å². The van der Waals surface area contributed by atoms with E-state index < -0.39 is 11.2 Å². The summed E-state index contributed by atoms with van der Waals surface area (Å²) < 4.78 is 17.0. The third-order valence-electron chi connectivity index (χ3n) is 10.4. The summed E-state index contributed by atoms with van der Waals surface area (Å²) in [4.78, 5) is 23.8. The standard InChI is InChI=1S/C27H40O6/c1-6-31-23(29)15-26(5,30)27-22(33-27)14-21-19-8-7-17-13-18(32-16(2)28)9-11-24(17,3)20(19)10-12-25(21,27)4/h7,18-22,30H,6,8-15H2,1-5H3/t18-,19+,20-,21-,22+,24-,25-,26-,27+/m0/s1. The Labute approximate surface area is 197 Å². The van der Waals surface area contributed by atoms with Crippen molar-refractivity contribution in [2.45, 2.75) is 109 Å². The van der Waals surface area contributed by atoms with Crippen molar-refractivity contribution in [1.29, 1.82) is 0 Å². The van der Waals surface area contributed by atoms with Crippen LogP contribution in [0.3, 0.4) is 0 Å². The van der Waals surface area contributed by atoms with Crippen LogP contribution in [0.25, 0.3) is 0 Å². The molecule has 1 aliphatic heterocycles. The molecular formula is C27H40O6. The zero-order chi connectivity index (χ0) is 23.8. The molecule has 4 fully saturated rings. The van der Waals surface area contributed by atoms with E-state index in [0.29, 0.717) is 24.4 Å². The molecule has 9 atom stereocenters. The number of hydrogen-bond acceptors (Lipinski definition) is 6. The van der Waals surface area contributed by atoms with Crippen LogP contribution in [0.1, 0.15) is 86.0 Å². The molecule has 1 heterocycles. The molecule has 0 amide bonds. The molecule has 0 radical (unpaired) electrons. The average Bonchev–Trinajstić information content (AvgIpc) is 3.41. The maximum absolute atomic E-state index is 12.3.